The number of nitrogens with zero attached hydrogens (tertiary/aromatic N) is 1. The van der Waals surface area contributed by atoms with Gasteiger partial charge in [-0.1, -0.05) is 0 Å². The standard InChI is InChI=1S/C20H22FN3O/c1-4-24(5-2)16-7-9-17(13(3)10-16)23-20(25)19-12-14-11-15(21)6-8-18(14)22-19/h6-12,22H,4-5H2,1-3H3,(H,23,25). The number of halogens is 1. The Kier molecular flexibility index (Phi) is 4.74. The van der Waals surface area contributed by atoms with Gasteiger partial charge in [-0.3, -0.25) is 4.79 Å². The van der Waals surface area contributed by atoms with Crippen molar-refractivity contribution in [1.29, 1.82) is 0 Å². The van der Waals surface area contributed by atoms with Crippen LogP contribution in [0.5, 0.6) is 0 Å². The van der Waals surface area contributed by atoms with Crippen molar-refractivity contribution in [1.82, 2.24) is 4.98 Å². The van der Waals surface area contributed by atoms with E-state index in [1.807, 2.05) is 19.1 Å². The van der Waals surface area contributed by atoms with Crippen molar-refractivity contribution in [3.63, 3.8) is 0 Å². The largest absolute Gasteiger partial charge is 0.372 e. The summed E-state index contributed by atoms with van der Waals surface area (Å²) in [6.07, 6.45) is 0. The summed E-state index contributed by atoms with van der Waals surface area (Å²) in [6, 6.07) is 12.1. The fourth-order valence-corrected chi connectivity index (χ4v) is 2.99. The number of hydrogen-bond acceptors (Lipinski definition) is 2. The second-order valence-corrected chi connectivity index (χ2v) is 6.04. The molecule has 1 heterocycles. The van der Waals surface area contributed by atoms with E-state index in [1.54, 1.807) is 12.1 Å². The molecule has 1 aromatic heterocycles. The number of anilines is 2. The second-order valence-electron chi connectivity index (χ2n) is 6.04. The van der Waals surface area contributed by atoms with Crippen LogP contribution in [0.3, 0.4) is 0 Å². The van der Waals surface area contributed by atoms with Crippen LogP contribution in [-0.4, -0.2) is 24.0 Å². The highest BCUT2D eigenvalue weighted by Gasteiger charge is 2.12. The molecule has 130 valence electrons. The zero-order valence-electron chi connectivity index (χ0n) is 14.7. The Morgan fingerprint density at radius 2 is 1.88 bits per heavy atom. The lowest BCUT2D eigenvalue weighted by molar-refractivity contribution is 0.102. The molecule has 4 nitrogen and oxygen atoms in total. The van der Waals surface area contributed by atoms with Crippen LogP contribution in [0, 0.1) is 12.7 Å². The Labute approximate surface area is 146 Å². The van der Waals surface area contributed by atoms with Crippen LogP contribution >= 0.6 is 0 Å². The highest BCUT2D eigenvalue weighted by Crippen LogP contribution is 2.24. The van der Waals surface area contributed by atoms with Gasteiger partial charge in [0.2, 0.25) is 0 Å². The van der Waals surface area contributed by atoms with Crippen LogP contribution in [-0.2, 0) is 0 Å². The number of aryl methyl sites for hydroxylation is 1. The summed E-state index contributed by atoms with van der Waals surface area (Å²) in [5.41, 5.74) is 4.06. The molecule has 0 aliphatic carbocycles. The maximum Gasteiger partial charge on any atom is 0.272 e. The van der Waals surface area contributed by atoms with E-state index in [9.17, 15) is 9.18 Å². The van der Waals surface area contributed by atoms with E-state index in [2.05, 4.69) is 35.1 Å². The van der Waals surface area contributed by atoms with E-state index in [-0.39, 0.29) is 11.7 Å². The summed E-state index contributed by atoms with van der Waals surface area (Å²) < 4.78 is 13.3. The molecule has 2 N–H and O–H groups in total. The van der Waals surface area contributed by atoms with Gasteiger partial charge in [0.1, 0.15) is 11.5 Å². The Morgan fingerprint density at radius 3 is 2.56 bits per heavy atom. The molecule has 1 amide bonds. The van der Waals surface area contributed by atoms with Gasteiger partial charge in [0.15, 0.2) is 0 Å². The normalized spacial score (nSPS) is 10.9. The van der Waals surface area contributed by atoms with E-state index in [4.69, 9.17) is 0 Å². The van der Waals surface area contributed by atoms with Crippen LogP contribution < -0.4 is 10.2 Å². The van der Waals surface area contributed by atoms with E-state index in [1.165, 1.54) is 12.1 Å². The van der Waals surface area contributed by atoms with Gasteiger partial charge in [-0.15, -0.1) is 0 Å². The Balaban J connectivity index is 1.82. The predicted octanol–water partition coefficient (Wildman–Crippen LogP) is 4.71. The maximum atomic E-state index is 13.3. The van der Waals surface area contributed by atoms with Gasteiger partial charge in [-0.25, -0.2) is 4.39 Å². The third-order valence-electron chi connectivity index (χ3n) is 4.41. The molecule has 0 fully saturated rings. The Morgan fingerprint density at radius 1 is 1.12 bits per heavy atom. The van der Waals surface area contributed by atoms with Crippen LogP contribution in [0.1, 0.15) is 29.9 Å². The van der Waals surface area contributed by atoms with Gasteiger partial charge >= 0.3 is 0 Å². The van der Waals surface area contributed by atoms with Gasteiger partial charge in [-0.05, 0) is 68.8 Å². The first-order valence-electron chi connectivity index (χ1n) is 8.47. The number of benzene rings is 2. The lowest BCUT2D eigenvalue weighted by Gasteiger charge is -2.22. The number of aromatic nitrogens is 1. The molecule has 0 saturated heterocycles. The topological polar surface area (TPSA) is 48.1 Å². The summed E-state index contributed by atoms with van der Waals surface area (Å²) in [6.45, 7) is 8.09. The molecular weight excluding hydrogens is 317 g/mol. The van der Waals surface area contributed by atoms with Crippen molar-refractivity contribution < 1.29 is 9.18 Å². The van der Waals surface area contributed by atoms with Crippen LogP contribution in [0.15, 0.2) is 42.5 Å². The fourth-order valence-electron chi connectivity index (χ4n) is 2.99. The molecular formula is C20H22FN3O. The number of amides is 1. The first-order chi connectivity index (χ1) is 12.0. The average Bonchev–Trinajstić information content (AvgIpc) is 3.01. The minimum absolute atomic E-state index is 0.240. The number of fused-ring (bicyclic) bond motifs is 1. The number of nitrogens with one attached hydrogen (secondary N) is 2. The van der Waals surface area contributed by atoms with E-state index >= 15 is 0 Å². The van der Waals surface area contributed by atoms with Gasteiger partial charge in [-0.2, -0.15) is 0 Å². The molecule has 0 unspecified atom stereocenters. The third kappa shape index (κ3) is 3.50. The van der Waals surface area contributed by atoms with Crippen molar-refractivity contribution in [2.75, 3.05) is 23.3 Å². The molecule has 3 aromatic rings. The summed E-state index contributed by atoms with van der Waals surface area (Å²) in [4.78, 5) is 17.8. The van der Waals surface area contributed by atoms with E-state index in [0.29, 0.717) is 11.1 Å². The van der Waals surface area contributed by atoms with Crippen molar-refractivity contribution in [2.45, 2.75) is 20.8 Å². The SMILES string of the molecule is CCN(CC)c1ccc(NC(=O)c2cc3cc(F)ccc3[nH]2)c(C)c1. The fraction of sp³-hybridized carbons (Fsp3) is 0.250. The molecule has 2 aromatic carbocycles. The summed E-state index contributed by atoms with van der Waals surface area (Å²) in [5, 5.41) is 3.60. The van der Waals surface area contributed by atoms with E-state index in [0.717, 1.165) is 35.5 Å². The lowest BCUT2D eigenvalue weighted by Crippen LogP contribution is -2.22. The highest BCUT2D eigenvalue weighted by atomic mass is 19.1. The number of aromatic amines is 1. The predicted molar refractivity (Wildman–Crippen MR) is 101 cm³/mol. The molecule has 5 heteroatoms. The molecule has 0 spiro atoms. The van der Waals surface area contributed by atoms with Crippen LogP contribution in [0.2, 0.25) is 0 Å². The van der Waals surface area contributed by atoms with Gasteiger partial charge in [0, 0.05) is 35.4 Å². The van der Waals surface area contributed by atoms with Crippen molar-refractivity contribution in [2.24, 2.45) is 0 Å². The number of H-pyrrole nitrogens is 1. The molecule has 0 bridgehead atoms. The molecule has 0 atom stereocenters. The monoisotopic (exact) mass is 339 g/mol. The lowest BCUT2D eigenvalue weighted by atomic mass is 10.1. The molecule has 0 saturated carbocycles. The second kappa shape index (κ2) is 6.97. The molecule has 0 aliphatic heterocycles. The molecule has 0 aliphatic rings. The molecule has 3 rings (SSSR count). The van der Waals surface area contributed by atoms with Gasteiger partial charge < -0.3 is 15.2 Å². The van der Waals surface area contributed by atoms with Crippen LogP contribution in [0.4, 0.5) is 15.8 Å². The average molecular weight is 339 g/mol. The minimum Gasteiger partial charge on any atom is -0.372 e. The summed E-state index contributed by atoms with van der Waals surface area (Å²) >= 11 is 0. The van der Waals surface area contributed by atoms with Crippen LogP contribution in [0.25, 0.3) is 10.9 Å². The zero-order valence-corrected chi connectivity index (χ0v) is 14.7. The number of hydrogen-bond donors (Lipinski definition) is 2. The quantitative estimate of drug-likeness (QED) is 0.707. The zero-order chi connectivity index (χ0) is 18.0. The van der Waals surface area contributed by atoms with Crippen molar-refractivity contribution >= 4 is 28.2 Å². The Bertz CT molecular complexity index is 912. The molecule has 0 radical (unpaired) electrons. The van der Waals surface area contributed by atoms with Gasteiger partial charge in [0.05, 0.1) is 0 Å². The first kappa shape index (κ1) is 17.0. The first-order valence-corrected chi connectivity index (χ1v) is 8.47. The molecule has 25 heavy (non-hydrogen) atoms. The number of carbonyl (C=O) groups is 1. The number of rotatable bonds is 5. The third-order valence-corrected chi connectivity index (χ3v) is 4.41. The van der Waals surface area contributed by atoms with Crippen molar-refractivity contribution in [3.05, 3.63) is 59.5 Å². The minimum atomic E-state index is -0.318. The maximum absolute atomic E-state index is 13.3. The highest BCUT2D eigenvalue weighted by molar-refractivity contribution is 6.06. The smallest absolute Gasteiger partial charge is 0.272 e. The number of carbonyl (C=O) groups excluding carboxylic acids is 1. The summed E-state index contributed by atoms with van der Waals surface area (Å²) in [7, 11) is 0. The van der Waals surface area contributed by atoms with Gasteiger partial charge in [0.25, 0.3) is 5.91 Å². The Hall–Kier alpha value is -2.82. The summed E-state index contributed by atoms with van der Waals surface area (Å²) in [5.74, 6) is -0.559. The van der Waals surface area contributed by atoms with E-state index < -0.39 is 0 Å². The van der Waals surface area contributed by atoms with Crippen molar-refractivity contribution in [3.8, 4) is 0 Å².